The Morgan fingerprint density at radius 3 is 2.30 bits per heavy atom. The standard InChI is InChI=1S/C17H14F3NO2/c1-3-8-22-16-10-13(21)9-15(11(16)2)12-4-6-14(7-5-12)23-17(18,19)20/h4-7,9-10H,21H2,1-2H3. The number of ether oxygens (including phenoxy) is 2. The van der Waals surface area contributed by atoms with Gasteiger partial charge in [0, 0.05) is 24.2 Å². The highest BCUT2D eigenvalue weighted by Crippen LogP contribution is 2.34. The van der Waals surface area contributed by atoms with E-state index < -0.39 is 6.36 Å². The van der Waals surface area contributed by atoms with Gasteiger partial charge in [-0.3, -0.25) is 0 Å². The molecular formula is C17H14F3NO2. The fourth-order valence-corrected chi connectivity index (χ4v) is 2.06. The molecule has 0 aliphatic rings. The van der Waals surface area contributed by atoms with Crippen molar-refractivity contribution in [2.45, 2.75) is 20.2 Å². The van der Waals surface area contributed by atoms with Crippen molar-refractivity contribution in [2.24, 2.45) is 0 Å². The maximum Gasteiger partial charge on any atom is 0.573 e. The molecule has 0 spiro atoms. The molecule has 0 bridgehead atoms. The summed E-state index contributed by atoms with van der Waals surface area (Å²) in [7, 11) is 0. The number of halogens is 3. The lowest BCUT2D eigenvalue weighted by Crippen LogP contribution is -2.16. The van der Waals surface area contributed by atoms with Crippen LogP contribution in [0, 0.1) is 19.0 Å². The molecule has 2 aromatic rings. The van der Waals surface area contributed by atoms with Crippen LogP contribution in [0.4, 0.5) is 18.9 Å². The summed E-state index contributed by atoms with van der Waals surface area (Å²) in [4.78, 5) is 0. The van der Waals surface area contributed by atoms with Gasteiger partial charge in [0.2, 0.25) is 0 Å². The summed E-state index contributed by atoms with van der Waals surface area (Å²) in [5, 5.41) is 0. The van der Waals surface area contributed by atoms with E-state index in [4.69, 9.17) is 10.5 Å². The predicted octanol–water partition coefficient (Wildman–Crippen LogP) is 4.50. The molecule has 0 aliphatic carbocycles. The van der Waals surface area contributed by atoms with E-state index in [0.717, 1.165) is 11.1 Å². The third kappa shape index (κ3) is 4.33. The minimum atomic E-state index is -4.71. The molecule has 0 saturated carbocycles. The van der Waals surface area contributed by atoms with E-state index in [-0.39, 0.29) is 5.75 Å². The number of benzene rings is 2. The van der Waals surface area contributed by atoms with E-state index in [2.05, 4.69) is 16.8 Å². The highest BCUT2D eigenvalue weighted by molar-refractivity contribution is 5.74. The zero-order chi connectivity index (χ0) is 17.0. The van der Waals surface area contributed by atoms with Gasteiger partial charge in [0.15, 0.2) is 0 Å². The molecule has 0 fully saturated rings. The SMILES string of the molecule is CC#COc1cc(N)cc(-c2ccc(OC(F)(F)F)cc2)c1C. The van der Waals surface area contributed by atoms with Crippen LogP contribution in [0.15, 0.2) is 36.4 Å². The molecule has 0 radical (unpaired) electrons. The van der Waals surface area contributed by atoms with Crippen molar-refractivity contribution in [1.82, 2.24) is 0 Å². The number of hydrogen-bond donors (Lipinski definition) is 1. The van der Waals surface area contributed by atoms with Crippen molar-refractivity contribution in [3.8, 4) is 34.7 Å². The van der Waals surface area contributed by atoms with E-state index in [1.807, 2.05) is 6.92 Å². The monoisotopic (exact) mass is 321 g/mol. The summed E-state index contributed by atoms with van der Waals surface area (Å²) >= 11 is 0. The lowest BCUT2D eigenvalue weighted by atomic mass is 9.99. The van der Waals surface area contributed by atoms with Crippen molar-refractivity contribution in [3.63, 3.8) is 0 Å². The highest BCUT2D eigenvalue weighted by atomic mass is 19.4. The zero-order valence-corrected chi connectivity index (χ0v) is 12.5. The van der Waals surface area contributed by atoms with E-state index >= 15 is 0 Å². The van der Waals surface area contributed by atoms with Crippen molar-refractivity contribution in [3.05, 3.63) is 42.0 Å². The number of alkyl halides is 3. The average Bonchev–Trinajstić information content (AvgIpc) is 2.47. The molecule has 3 nitrogen and oxygen atoms in total. The summed E-state index contributed by atoms with van der Waals surface area (Å²) in [6, 6.07) is 8.91. The lowest BCUT2D eigenvalue weighted by molar-refractivity contribution is -0.274. The van der Waals surface area contributed by atoms with E-state index in [9.17, 15) is 13.2 Å². The summed E-state index contributed by atoms with van der Waals surface area (Å²) in [5.41, 5.74) is 8.54. The first-order valence-corrected chi connectivity index (χ1v) is 6.65. The first kappa shape index (κ1) is 16.6. The van der Waals surface area contributed by atoms with Crippen LogP contribution in [-0.4, -0.2) is 6.36 Å². The Kier molecular flexibility index (Phi) is 4.70. The number of hydrogen-bond acceptors (Lipinski definition) is 3. The fraction of sp³-hybridized carbons (Fsp3) is 0.176. The van der Waals surface area contributed by atoms with Crippen molar-refractivity contribution in [1.29, 1.82) is 0 Å². The number of anilines is 1. The average molecular weight is 321 g/mol. The summed E-state index contributed by atoms with van der Waals surface area (Å²) in [5.74, 6) is 2.84. The Hall–Kier alpha value is -2.81. The minimum absolute atomic E-state index is 0.281. The number of nitrogens with two attached hydrogens (primary N) is 1. The Morgan fingerprint density at radius 2 is 1.74 bits per heavy atom. The molecule has 2 N–H and O–H groups in total. The quantitative estimate of drug-likeness (QED) is 0.668. The fourth-order valence-electron chi connectivity index (χ4n) is 2.06. The summed E-state index contributed by atoms with van der Waals surface area (Å²) < 4.78 is 45.7. The second-order valence-electron chi connectivity index (χ2n) is 4.72. The van der Waals surface area contributed by atoms with Gasteiger partial charge >= 0.3 is 6.36 Å². The molecule has 23 heavy (non-hydrogen) atoms. The van der Waals surface area contributed by atoms with Crippen LogP contribution >= 0.6 is 0 Å². The third-order valence-corrected chi connectivity index (χ3v) is 3.04. The van der Waals surface area contributed by atoms with Crippen LogP contribution in [0.25, 0.3) is 11.1 Å². The smallest absolute Gasteiger partial charge is 0.407 e. The molecule has 0 atom stereocenters. The molecule has 0 unspecified atom stereocenters. The second kappa shape index (κ2) is 6.53. The van der Waals surface area contributed by atoms with Gasteiger partial charge in [0.05, 0.1) is 0 Å². The molecule has 2 aromatic carbocycles. The van der Waals surface area contributed by atoms with Gasteiger partial charge in [-0.15, -0.1) is 13.2 Å². The molecule has 2 rings (SSSR count). The molecular weight excluding hydrogens is 307 g/mol. The van der Waals surface area contributed by atoms with Crippen LogP contribution < -0.4 is 15.2 Å². The van der Waals surface area contributed by atoms with Crippen molar-refractivity contribution >= 4 is 5.69 Å². The summed E-state index contributed by atoms with van der Waals surface area (Å²) in [6.07, 6.45) is -2.22. The molecule has 0 aromatic heterocycles. The molecule has 120 valence electrons. The van der Waals surface area contributed by atoms with Gasteiger partial charge in [-0.2, -0.15) is 0 Å². The van der Waals surface area contributed by atoms with Crippen LogP contribution in [0.5, 0.6) is 11.5 Å². The molecule has 0 aliphatic heterocycles. The predicted molar refractivity (Wildman–Crippen MR) is 81.8 cm³/mol. The Labute approximate surface area is 131 Å². The summed E-state index contributed by atoms with van der Waals surface area (Å²) in [6.45, 7) is 3.46. The zero-order valence-electron chi connectivity index (χ0n) is 12.5. The molecule has 6 heteroatoms. The number of nitrogen functional groups attached to an aromatic ring is 1. The first-order valence-electron chi connectivity index (χ1n) is 6.65. The van der Waals surface area contributed by atoms with Crippen LogP contribution in [-0.2, 0) is 0 Å². The third-order valence-electron chi connectivity index (χ3n) is 3.04. The van der Waals surface area contributed by atoms with Gasteiger partial charge in [-0.25, -0.2) is 0 Å². The van der Waals surface area contributed by atoms with Gasteiger partial charge in [0.25, 0.3) is 0 Å². The second-order valence-corrected chi connectivity index (χ2v) is 4.72. The highest BCUT2D eigenvalue weighted by Gasteiger charge is 2.31. The lowest BCUT2D eigenvalue weighted by Gasteiger charge is -2.13. The first-order chi connectivity index (χ1) is 10.8. The molecule has 0 amide bonds. The van der Waals surface area contributed by atoms with Gasteiger partial charge in [-0.1, -0.05) is 18.1 Å². The van der Waals surface area contributed by atoms with Crippen LogP contribution in [0.2, 0.25) is 0 Å². The molecule has 0 heterocycles. The van der Waals surface area contributed by atoms with E-state index in [1.165, 1.54) is 24.3 Å². The van der Waals surface area contributed by atoms with Gasteiger partial charge in [-0.05, 0) is 36.2 Å². The van der Waals surface area contributed by atoms with E-state index in [1.54, 1.807) is 19.1 Å². The van der Waals surface area contributed by atoms with Crippen LogP contribution in [0.1, 0.15) is 12.5 Å². The van der Waals surface area contributed by atoms with Crippen molar-refractivity contribution < 1.29 is 22.6 Å². The Balaban J connectivity index is 2.37. The number of rotatable bonds is 3. The molecule has 0 saturated heterocycles. The van der Waals surface area contributed by atoms with E-state index in [0.29, 0.717) is 17.0 Å². The van der Waals surface area contributed by atoms with Crippen molar-refractivity contribution in [2.75, 3.05) is 5.73 Å². The van der Waals surface area contributed by atoms with Gasteiger partial charge < -0.3 is 15.2 Å². The topological polar surface area (TPSA) is 44.5 Å². The normalized spacial score (nSPS) is 10.7. The maximum atomic E-state index is 12.2. The largest absolute Gasteiger partial charge is 0.573 e. The minimum Gasteiger partial charge on any atom is -0.407 e. The Bertz CT molecular complexity index is 756. The Morgan fingerprint density at radius 1 is 1.09 bits per heavy atom. The van der Waals surface area contributed by atoms with Crippen LogP contribution in [0.3, 0.4) is 0 Å². The van der Waals surface area contributed by atoms with Gasteiger partial charge in [0.1, 0.15) is 17.6 Å². The maximum absolute atomic E-state index is 12.2.